The first kappa shape index (κ1) is 17.9. The minimum Gasteiger partial charge on any atom is -0.497 e. The van der Waals surface area contributed by atoms with Crippen molar-refractivity contribution in [1.29, 1.82) is 0 Å². The van der Waals surface area contributed by atoms with Gasteiger partial charge in [0.1, 0.15) is 5.75 Å². The van der Waals surface area contributed by atoms with Crippen LogP contribution in [-0.4, -0.2) is 52.3 Å². The summed E-state index contributed by atoms with van der Waals surface area (Å²) in [5, 5.41) is 0. The van der Waals surface area contributed by atoms with Crippen LogP contribution in [0.4, 0.5) is 11.4 Å². The number of anilines is 2. The third kappa shape index (κ3) is 3.93. The van der Waals surface area contributed by atoms with E-state index in [0.717, 1.165) is 57.0 Å². The molecule has 0 saturated carbocycles. The van der Waals surface area contributed by atoms with E-state index in [2.05, 4.69) is 35.2 Å². The molecule has 1 saturated heterocycles. The number of quaternary nitrogens is 1. The Morgan fingerprint density at radius 3 is 2.52 bits per heavy atom. The Labute approximate surface area is 161 Å². The molecule has 142 valence electrons. The maximum Gasteiger partial charge on any atom is 0.282 e. The van der Waals surface area contributed by atoms with Crippen LogP contribution in [0.3, 0.4) is 0 Å². The van der Waals surface area contributed by atoms with Gasteiger partial charge in [0.25, 0.3) is 5.91 Å². The van der Waals surface area contributed by atoms with E-state index < -0.39 is 0 Å². The second-order valence-corrected chi connectivity index (χ2v) is 7.39. The van der Waals surface area contributed by atoms with Gasteiger partial charge in [-0.3, -0.25) is 4.79 Å². The zero-order valence-electron chi connectivity index (χ0n) is 16.0. The number of amides is 1. The number of nitrogens with one attached hydrogen (secondary N) is 1. The summed E-state index contributed by atoms with van der Waals surface area (Å²) >= 11 is 0. The molecule has 1 fully saturated rings. The van der Waals surface area contributed by atoms with Crippen molar-refractivity contribution in [2.45, 2.75) is 12.8 Å². The number of rotatable bonds is 4. The Hall–Kier alpha value is -2.53. The molecule has 2 aromatic carbocycles. The molecule has 0 unspecified atom stereocenters. The smallest absolute Gasteiger partial charge is 0.282 e. The van der Waals surface area contributed by atoms with Crippen LogP contribution in [-0.2, 0) is 11.2 Å². The number of carbonyl (C=O) groups excluding carboxylic acids is 1. The molecule has 27 heavy (non-hydrogen) atoms. The molecule has 5 heteroatoms. The number of nitrogens with zero attached hydrogens (tertiary/aromatic N) is 2. The van der Waals surface area contributed by atoms with E-state index in [9.17, 15) is 4.79 Å². The van der Waals surface area contributed by atoms with Gasteiger partial charge < -0.3 is 19.4 Å². The second kappa shape index (κ2) is 8.01. The van der Waals surface area contributed by atoms with Crippen molar-refractivity contribution >= 4 is 17.3 Å². The maximum absolute atomic E-state index is 12.9. The van der Waals surface area contributed by atoms with Crippen LogP contribution in [0.15, 0.2) is 48.5 Å². The molecule has 2 aromatic rings. The van der Waals surface area contributed by atoms with Crippen LogP contribution in [0.2, 0.25) is 0 Å². The van der Waals surface area contributed by atoms with Crippen molar-refractivity contribution < 1.29 is 14.4 Å². The summed E-state index contributed by atoms with van der Waals surface area (Å²) in [6.45, 7) is 5.38. The SMILES string of the molecule is COc1ccc(N2CC[NH+](CC(=O)N3CCCc4ccccc43)CC2)cc1. The number of fused-ring (bicyclic) bond motifs is 1. The lowest BCUT2D eigenvalue weighted by Gasteiger charge is -2.35. The maximum atomic E-state index is 12.9. The molecule has 1 N–H and O–H groups in total. The van der Waals surface area contributed by atoms with Gasteiger partial charge in [-0.05, 0) is 48.7 Å². The molecule has 1 amide bonds. The van der Waals surface area contributed by atoms with Gasteiger partial charge in [-0.25, -0.2) is 0 Å². The van der Waals surface area contributed by atoms with Crippen LogP contribution in [0.1, 0.15) is 12.0 Å². The highest BCUT2D eigenvalue weighted by Gasteiger charge is 2.27. The van der Waals surface area contributed by atoms with Gasteiger partial charge in [0.2, 0.25) is 0 Å². The number of ether oxygens (including phenoxy) is 1. The van der Waals surface area contributed by atoms with Gasteiger partial charge in [-0.2, -0.15) is 0 Å². The number of methoxy groups -OCH3 is 1. The average Bonchev–Trinajstić information content (AvgIpc) is 2.74. The van der Waals surface area contributed by atoms with E-state index in [1.54, 1.807) is 7.11 Å². The van der Waals surface area contributed by atoms with Crippen molar-refractivity contribution in [2.75, 3.05) is 56.2 Å². The summed E-state index contributed by atoms with van der Waals surface area (Å²) in [4.78, 5) is 18.7. The molecule has 2 aliphatic heterocycles. The summed E-state index contributed by atoms with van der Waals surface area (Å²) < 4.78 is 5.24. The van der Waals surface area contributed by atoms with Gasteiger partial charge in [0, 0.05) is 17.9 Å². The Kier molecular flexibility index (Phi) is 5.30. The summed E-state index contributed by atoms with van der Waals surface area (Å²) in [7, 11) is 1.69. The lowest BCUT2D eigenvalue weighted by atomic mass is 10.0. The Morgan fingerprint density at radius 2 is 1.78 bits per heavy atom. The first-order valence-corrected chi connectivity index (χ1v) is 9.85. The third-order valence-electron chi connectivity index (χ3n) is 5.72. The lowest BCUT2D eigenvalue weighted by Crippen LogP contribution is -3.16. The van der Waals surface area contributed by atoms with Crippen LogP contribution in [0.25, 0.3) is 0 Å². The van der Waals surface area contributed by atoms with Gasteiger partial charge in [0.05, 0.1) is 33.3 Å². The standard InChI is InChI=1S/C22H27N3O2/c1-27-20-10-8-19(9-11-20)24-15-13-23(14-16-24)17-22(26)25-12-4-6-18-5-2-3-7-21(18)25/h2-3,5,7-11H,4,6,12-17H2,1H3/p+1. The molecular formula is C22H28N3O2+. The molecule has 0 radical (unpaired) electrons. The first-order chi connectivity index (χ1) is 13.2. The Bertz CT molecular complexity index is 782. The molecule has 0 aromatic heterocycles. The highest BCUT2D eigenvalue weighted by Crippen LogP contribution is 2.26. The topological polar surface area (TPSA) is 37.2 Å². The van der Waals surface area contributed by atoms with Gasteiger partial charge in [-0.15, -0.1) is 0 Å². The number of piperazine rings is 1. The molecule has 2 aliphatic rings. The zero-order valence-corrected chi connectivity index (χ0v) is 16.0. The lowest BCUT2D eigenvalue weighted by molar-refractivity contribution is -0.892. The highest BCUT2D eigenvalue weighted by atomic mass is 16.5. The second-order valence-electron chi connectivity index (χ2n) is 7.39. The van der Waals surface area contributed by atoms with Crippen molar-refractivity contribution in [3.8, 4) is 5.75 Å². The molecule has 0 spiro atoms. The van der Waals surface area contributed by atoms with E-state index in [1.807, 2.05) is 23.1 Å². The van der Waals surface area contributed by atoms with E-state index >= 15 is 0 Å². The summed E-state index contributed by atoms with van der Waals surface area (Å²) in [5.41, 5.74) is 3.65. The van der Waals surface area contributed by atoms with Crippen molar-refractivity contribution in [3.63, 3.8) is 0 Å². The van der Waals surface area contributed by atoms with Crippen LogP contribution in [0.5, 0.6) is 5.75 Å². The van der Waals surface area contributed by atoms with E-state index in [4.69, 9.17) is 4.74 Å². The molecular weight excluding hydrogens is 338 g/mol. The molecule has 2 heterocycles. The van der Waals surface area contributed by atoms with Crippen molar-refractivity contribution in [3.05, 3.63) is 54.1 Å². The van der Waals surface area contributed by atoms with Crippen LogP contribution in [0, 0.1) is 0 Å². The predicted molar refractivity (Wildman–Crippen MR) is 108 cm³/mol. The van der Waals surface area contributed by atoms with Crippen LogP contribution >= 0.6 is 0 Å². The van der Waals surface area contributed by atoms with E-state index in [1.165, 1.54) is 16.2 Å². The summed E-state index contributed by atoms with van der Waals surface area (Å²) in [6, 6.07) is 16.6. The molecule has 0 aliphatic carbocycles. The number of carbonyl (C=O) groups is 1. The monoisotopic (exact) mass is 366 g/mol. The van der Waals surface area contributed by atoms with E-state index in [0.29, 0.717) is 6.54 Å². The minimum absolute atomic E-state index is 0.259. The normalized spacial score (nSPS) is 17.5. The third-order valence-corrected chi connectivity index (χ3v) is 5.72. The quantitative estimate of drug-likeness (QED) is 0.888. The number of hydrogen-bond acceptors (Lipinski definition) is 3. The molecule has 4 rings (SSSR count). The molecule has 0 bridgehead atoms. The number of hydrogen-bond donors (Lipinski definition) is 1. The van der Waals surface area contributed by atoms with Crippen molar-refractivity contribution in [2.24, 2.45) is 0 Å². The van der Waals surface area contributed by atoms with Crippen molar-refractivity contribution in [1.82, 2.24) is 0 Å². The summed E-state index contributed by atoms with van der Waals surface area (Å²) in [6.07, 6.45) is 2.14. The van der Waals surface area contributed by atoms with Gasteiger partial charge in [0.15, 0.2) is 6.54 Å². The number of benzene rings is 2. The first-order valence-electron chi connectivity index (χ1n) is 9.85. The summed E-state index contributed by atoms with van der Waals surface area (Å²) in [5.74, 6) is 1.14. The fourth-order valence-electron chi connectivity index (χ4n) is 4.15. The molecule has 5 nitrogen and oxygen atoms in total. The van der Waals surface area contributed by atoms with E-state index in [-0.39, 0.29) is 5.91 Å². The average molecular weight is 366 g/mol. The van der Waals surface area contributed by atoms with Gasteiger partial charge >= 0.3 is 0 Å². The number of aryl methyl sites for hydroxylation is 1. The predicted octanol–water partition coefficient (Wildman–Crippen LogP) is 1.38. The van der Waals surface area contributed by atoms with Crippen LogP contribution < -0.4 is 19.4 Å². The Balaban J connectivity index is 1.33. The fraction of sp³-hybridized carbons (Fsp3) is 0.409. The zero-order chi connectivity index (χ0) is 18.6. The largest absolute Gasteiger partial charge is 0.497 e. The molecule has 0 atom stereocenters. The fourth-order valence-corrected chi connectivity index (χ4v) is 4.15. The number of para-hydroxylation sites is 1. The van der Waals surface area contributed by atoms with Gasteiger partial charge in [-0.1, -0.05) is 18.2 Å². The minimum atomic E-state index is 0.259. The highest BCUT2D eigenvalue weighted by molar-refractivity contribution is 5.95. The Morgan fingerprint density at radius 1 is 1.04 bits per heavy atom.